The Morgan fingerprint density at radius 2 is 1.79 bits per heavy atom. The lowest BCUT2D eigenvalue weighted by molar-refractivity contribution is 0.370. The molecule has 6 nitrogen and oxygen atoms in total. The molecule has 3 atom stereocenters. The third-order valence-electron chi connectivity index (χ3n) is 4.49. The second-order valence-electron chi connectivity index (χ2n) is 5.86. The van der Waals surface area contributed by atoms with Crippen molar-refractivity contribution in [1.29, 1.82) is 0 Å². The van der Waals surface area contributed by atoms with Crippen LogP contribution >= 0.6 is 0 Å². The zero-order valence-corrected chi connectivity index (χ0v) is 13.3. The van der Waals surface area contributed by atoms with E-state index < -0.39 is 0 Å². The molecule has 3 N–H and O–H groups in total. The highest BCUT2D eigenvalue weighted by atomic mass is 16.5. The van der Waals surface area contributed by atoms with Gasteiger partial charge >= 0.3 is 0 Å². The molecule has 1 aliphatic rings. The normalized spacial score (nSPS) is 22.5. The lowest BCUT2D eigenvalue weighted by Crippen LogP contribution is -2.46. The Hall–Kier alpha value is -2.86. The molecule has 3 aromatic rings. The predicted octanol–water partition coefficient (Wildman–Crippen LogP) is 2.37. The highest BCUT2D eigenvalue weighted by Gasteiger charge is 2.37. The largest absolute Gasteiger partial charge is 0.497 e. The lowest BCUT2D eigenvalue weighted by atomic mass is 9.89. The molecular weight excluding hydrogens is 302 g/mol. The quantitative estimate of drug-likeness (QED) is 0.774. The number of nitrogens with zero attached hydrogens (tertiary/aromatic N) is 3. The van der Waals surface area contributed by atoms with Gasteiger partial charge in [0.15, 0.2) is 0 Å². The van der Waals surface area contributed by atoms with E-state index in [1.807, 2.05) is 47.1 Å². The number of anilines is 1. The van der Waals surface area contributed by atoms with Gasteiger partial charge in [-0.15, -0.1) is 0 Å². The summed E-state index contributed by atoms with van der Waals surface area (Å²) in [6.45, 7) is 0. The lowest BCUT2D eigenvalue weighted by Gasteiger charge is -2.37. The van der Waals surface area contributed by atoms with Crippen LogP contribution in [0.4, 0.5) is 5.95 Å². The average Bonchev–Trinajstić information content (AvgIpc) is 3.10. The Kier molecular flexibility index (Phi) is 3.66. The van der Waals surface area contributed by atoms with Crippen LogP contribution in [-0.4, -0.2) is 27.9 Å². The molecule has 6 heteroatoms. The molecule has 0 unspecified atom stereocenters. The molecule has 1 aliphatic heterocycles. The Bertz CT molecular complexity index is 815. The van der Waals surface area contributed by atoms with E-state index in [0.29, 0.717) is 0 Å². The number of fused-ring (bicyclic) bond motifs is 1. The van der Waals surface area contributed by atoms with Crippen LogP contribution in [0.5, 0.6) is 5.75 Å². The summed E-state index contributed by atoms with van der Waals surface area (Å²) < 4.78 is 7.10. The van der Waals surface area contributed by atoms with Gasteiger partial charge in [-0.1, -0.05) is 42.5 Å². The number of methoxy groups -OCH3 is 1. The van der Waals surface area contributed by atoms with E-state index in [1.165, 1.54) is 0 Å². The second-order valence-corrected chi connectivity index (χ2v) is 5.86. The van der Waals surface area contributed by atoms with Crippen LogP contribution in [0.15, 0.2) is 60.9 Å². The van der Waals surface area contributed by atoms with Crippen molar-refractivity contribution in [2.24, 2.45) is 5.73 Å². The third-order valence-corrected chi connectivity index (χ3v) is 4.49. The van der Waals surface area contributed by atoms with Gasteiger partial charge in [0, 0.05) is 0 Å². The van der Waals surface area contributed by atoms with Crippen molar-refractivity contribution in [3.63, 3.8) is 0 Å². The summed E-state index contributed by atoms with van der Waals surface area (Å²) in [7, 11) is 1.66. The van der Waals surface area contributed by atoms with E-state index in [0.717, 1.165) is 22.8 Å². The Balaban J connectivity index is 1.77. The first kappa shape index (κ1) is 14.7. The highest BCUT2D eigenvalue weighted by molar-refractivity contribution is 5.41. The van der Waals surface area contributed by atoms with Crippen LogP contribution in [0.2, 0.25) is 0 Å². The maximum absolute atomic E-state index is 6.65. The summed E-state index contributed by atoms with van der Waals surface area (Å²) >= 11 is 0. The van der Waals surface area contributed by atoms with Gasteiger partial charge in [-0.05, 0) is 23.3 Å². The molecule has 0 amide bonds. The van der Waals surface area contributed by atoms with Crippen molar-refractivity contribution >= 4 is 5.95 Å². The Labute approximate surface area is 140 Å². The summed E-state index contributed by atoms with van der Waals surface area (Å²) in [5, 5.41) is 7.77. The van der Waals surface area contributed by atoms with Crippen molar-refractivity contribution < 1.29 is 4.74 Å². The summed E-state index contributed by atoms with van der Waals surface area (Å²) in [6, 6.07) is 17.8. The molecule has 0 fully saturated rings. The summed E-state index contributed by atoms with van der Waals surface area (Å²) in [5.74, 6) is 1.55. The topological polar surface area (TPSA) is 78.0 Å². The molecule has 1 aromatic heterocycles. The number of hydrogen-bond acceptors (Lipinski definition) is 5. The zero-order chi connectivity index (χ0) is 16.5. The molecule has 0 spiro atoms. The predicted molar refractivity (Wildman–Crippen MR) is 91.9 cm³/mol. The van der Waals surface area contributed by atoms with Gasteiger partial charge in [0.05, 0.1) is 25.2 Å². The van der Waals surface area contributed by atoms with Crippen LogP contribution in [0.25, 0.3) is 0 Å². The van der Waals surface area contributed by atoms with Crippen LogP contribution in [0.3, 0.4) is 0 Å². The van der Waals surface area contributed by atoms with Crippen molar-refractivity contribution in [3.05, 3.63) is 72.1 Å². The fourth-order valence-corrected chi connectivity index (χ4v) is 3.27. The van der Waals surface area contributed by atoms with Gasteiger partial charge in [-0.3, -0.25) is 0 Å². The van der Waals surface area contributed by atoms with E-state index in [1.54, 1.807) is 13.4 Å². The first-order valence-corrected chi connectivity index (χ1v) is 7.88. The smallest absolute Gasteiger partial charge is 0.222 e. The van der Waals surface area contributed by atoms with Crippen LogP contribution in [0, 0.1) is 0 Å². The summed E-state index contributed by atoms with van der Waals surface area (Å²) in [5.41, 5.74) is 8.87. The van der Waals surface area contributed by atoms with E-state index in [9.17, 15) is 0 Å². The van der Waals surface area contributed by atoms with Crippen molar-refractivity contribution in [2.75, 3.05) is 12.4 Å². The van der Waals surface area contributed by atoms with Gasteiger partial charge in [-0.25, -0.2) is 4.68 Å². The Morgan fingerprint density at radius 3 is 2.50 bits per heavy atom. The van der Waals surface area contributed by atoms with Gasteiger partial charge < -0.3 is 15.8 Å². The standard InChI is InChI=1S/C18H19N5O/c1-24-14-9-7-13(8-10-14)17-15(19)16(12-5-3-2-4-6-12)22-18-20-11-21-23(17)18/h2-11,15-17H,19H2,1H3,(H,20,21,22)/t15-,16+,17+/m1/s1. The molecule has 4 rings (SSSR count). The summed E-state index contributed by atoms with van der Waals surface area (Å²) in [4.78, 5) is 4.34. The molecule has 0 saturated carbocycles. The molecule has 2 aromatic carbocycles. The SMILES string of the molecule is COc1ccc([C@H]2[C@H](N)[C@H](c3ccccc3)Nc3ncnn32)cc1. The van der Waals surface area contributed by atoms with E-state index in [2.05, 4.69) is 27.5 Å². The van der Waals surface area contributed by atoms with Gasteiger partial charge in [0.1, 0.15) is 12.1 Å². The minimum absolute atomic E-state index is 0.0324. The second kappa shape index (κ2) is 5.98. The zero-order valence-electron chi connectivity index (χ0n) is 13.3. The van der Waals surface area contributed by atoms with E-state index in [4.69, 9.17) is 10.5 Å². The van der Waals surface area contributed by atoms with Crippen LogP contribution in [-0.2, 0) is 0 Å². The number of aromatic nitrogens is 3. The van der Waals surface area contributed by atoms with Crippen molar-refractivity contribution in [1.82, 2.24) is 14.8 Å². The third kappa shape index (κ3) is 2.41. The molecule has 24 heavy (non-hydrogen) atoms. The number of nitrogens with one attached hydrogen (secondary N) is 1. The minimum Gasteiger partial charge on any atom is -0.497 e. The molecule has 2 heterocycles. The van der Waals surface area contributed by atoms with Gasteiger partial charge in [0.25, 0.3) is 0 Å². The molecular formula is C18H19N5O. The maximum atomic E-state index is 6.65. The molecule has 0 bridgehead atoms. The average molecular weight is 321 g/mol. The van der Waals surface area contributed by atoms with Crippen LogP contribution < -0.4 is 15.8 Å². The molecule has 122 valence electrons. The first-order chi connectivity index (χ1) is 11.8. The molecule has 0 aliphatic carbocycles. The van der Waals surface area contributed by atoms with Gasteiger partial charge in [-0.2, -0.15) is 10.1 Å². The number of ether oxygens (including phenoxy) is 1. The molecule has 0 saturated heterocycles. The maximum Gasteiger partial charge on any atom is 0.222 e. The van der Waals surface area contributed by atoms with Crippen molar-refractivity contribution in [3.8, 4) is 5.75 Å². The number of rotatable bonds is 3. The van der Waals surface area contributed by atoms with Crippen LogP contribution in [0.1, 0.15) is 23.2 Å². The highest BCUT2D eigenvalue weighted by Crippen LogP contribution is 2.36. The monoisotopic (exact) mass is 321 g/mol. The van der Waals surface area contributed by atoms with Gasteiger partial charge in [0.2, 0.25) is 5.95 Å². The van der Waals surface area contributed by atoms with E-state index >= 15 is 0 Å². The minimum atomic E-state index is -0.185. The Morgan fingerprint density at radius 1 is 1.04 bits per heavy atom. The van der Waals surface area contributed by atoms with E-state index in [-0.39, 0.29) is 18.1 Å². The number of nitrogens with two attached hydrogens (primary N) is 1. The fraction of sp³-hybridized carbons (Fsp3) is 0.222. The van der Waals surface area contributed by atoms with Crippen molar-refractivity contribution in [2.45, 2.75) is 18.1 Å². The number of benzene rings is 2. The summed E-state index contributed by atoms with van der Waals surface area (Å²) in [6.07, 6.45) is 1.55. The fourth-order valence-electron chi connectivity index (χ4n) is 3.27. The number of hydrogen-bond donors (Lipinski definition) is 2. The molecule has 0 radical (unpaired) electrons. The first-order valence-electron chi connectivity index (χ1n) is 7.88.